The Morgan fingerprint density at radius 2 is 2.00 bits per heavy atom. The monoisotopic (exact) mass is 203 g/mol. The van der Waals surface area contributed by atoms with Gasteiger partial charge in [-0.25, -0.2) is 8.42 Å². The van der Waals surface area contributed by atoms with Crippen LogP contribution in [0.5, 0.6) is 0 Å². The average molecular weight is 203 g/mol. The van der Waals surface area contributed by atoms with Crippen LogP contribution >= 0.6 is 0 Å². The van der Waals surface area contributed by atoms with E-state index < -0.39 is 9.84 Å². The van der Waals surface area contributed by atoms with Crippen LogP contribution in [0.1, 0.15) is 26.7 Å². The van der Waals surface area contributed by atoms with E-state index in [0.29, 0.717) is 5.75 Å². The van der Waals surface area contributed by atoms with E-state index >= 15 is 0 Å². The molecule has 4 heteroatoms. The molecule has 1 heterocycles. The smallest absolute Gasteiger partial charge is 0.154 e. The first-order valence-corrected chi connectivity index (χ1v) is 6.56. The zero-order chi connectivity index (χ0) is 9.85. The van der Waals surface area contributed by atoms with Crippen LogP contribution in [-0.2, 0) is 9.84 Å². The Morgan fingerprint density at radius 1 is 1.38 bits per heavy atom. The van der Waals surface area contributed by atoms with E-state index in [9.17, 15) is 8.42 Å². The van der Waals surface area contributed by atoms with Gasteiger partial charge in [0.25, 0.3) is 0 Å². The third-order valence-corrected chi connectivity index (χ3v) is 6.38. The number of fused-ring (bicyclic) bond motifs is 1. The highest BCUT2D eigenvalue weighted by molar-refractivity contribution is 7.92. The lowest BCUT2D eigenvalue weighted by Crippen LogP contribution is -2.69. The Morgan fingerprint density at radius 3 is 2.54 bits per heavy atom. The molecule has 1 saturated heterocycles. The lowest BCUT2D eigenvalue weighted by Gasteiger charge is -2.58. The Balaban J connectivity index is 2.35. The van der Waals surface area contributed by atoms with Gasteiger partial charge in [0.1, 0.15) is 0 Å². The van der Waals surface area contributed by atoms with Crippen molar-refractivity contribution in [1.29, 1.82) is 0 Å². The first-order valence-electron chi connectivity index (χ1n) is 4.84. The standard InChI is InChI=1S/C9H17NO2S/c1-9(2)7(10)6-4-3-5-13(11,12)8(6)9/h6-8H,3-5,10H2,1-2H3/t6-,7-,8+/m1/s1. The summed E-state index contributed by atoms with van der Waals surface area (Å²) in [4.78, 5) is 0. The number of nitrogens with two attached hydrogens (primary N) is 1. The van der Waals surface area contributed by atoms with E-state index in [1.54, 1.807) is 0 Å². The van der Waals surface area contributed by atoms with Crippen molar-refractivity contribution in [2.45, 2.75) is 38.0 Å². The van der Waals surface area contributed by atoms with Gasteiger partial charge in [-0.2, -0.15) is 0 Å². The van der Waals surface area contributed by atoms with E-state index in [1.165, 1.54) is 0 Å². The Kier molecular flexibility index (Phi) is 1.81. The molecule has 2 N–H and O–H groups in total. The average Bonchev–Trinajstić information content (AvgIpc) is 2.01. The van der Waals surface area contributed by atoms with Crippen molar-refractivity contribution in [3.63, 3.8) is 0 Å². The molecule has 2 rings (SSSR count). The van der Waals surface area contributed by atoms with E-state index in [2.05, 4.69) is 0 Å². The van der Waals surface area contributed by atoms with Crippen LogP contribution < -0.4 is 5.73 Å². The van der Waals surface area contributed by atoms with Gasteiger partial charge in [-0.1, -0.05) is 13.8 Å². The summed E-state index contributed by atoms with van der Waals surface area (Å²) >= 11 is 0. The van der Waals surface area contributed by atoms with Gasteiger partial charge in [0.05, 0.1) is 11.0 Å². The molecule has 2 fully saturated rings. The maximum atomic E-state index is 11.7. The number of hydrogen-bond donors (Lipinski definition) is 1. The maximum absolute atomic E-state index is 11.7. The van der Waals surface area contributed by atoms with Crippen molar-refractivity contribution in [2.24, 2.45) is 17.1 Å². The summed E-state index contributed by atoms with van der Waals surface area (Å²) in [5.41, 5.74) is 5.76. The predicted octanol–water partition coefficient (Wildman–Crippen LogP) is 0.547. The van der Waals surface area contributed by atoms with Crippen molar-refractivity contribution < 1.29 is 8.42 Å². The third kappa shape index (κ3) is 1.08. The number of sulfone groups is 1. The van der Waals surface area contributed by atoms with Gasteiger partial charge in [-0.15, -0.1) is 0 Å². The zero-order valence-electron chi connectivity index (χ0n) is 8.16. The summed E-state index contributed by atoms with van der Waals surface area (Å²) in [5, 5.41) is -0.163. The quantitative estimate of drug-likeness (QED) is 0.625. The first kappa shape index (κ1) is 9.46. The fourth-order valence-electron chi connectivity index (χ4n) is 3.07. The van der Waals surface area contributed by atoms with Crippen LogP contribution in [0.3, 0.4) is 0 Å². The minimum absolute atomic E-state index is 0.0765. The van der Waals surface area contributed by atoms with Gasteiger partial charge < -0.3 is 5.73 Å². The number of hydrogen-bond acceptors (Lipinski definition) is 3. The molecule has 1 aliphatic carbocycles. The molecule has 0 radical (unpaired) electrons. The summed E-state index contributed by atoms with van der Waals surface area (Å²) in [6, 6.07) is 0.0765. The maximum Gasteiger partial charge on any atom is 0.154 e. The van der Waals surface area contributed by atoms with Crippen molar-refractivity contribution >= 4 is 9.84 Å². The molecule has 1 aliphatic heterocycles. The third-order valence-electron chi connectivity index (χ3n) is 3.80. The molecule has 3 atom stereocenters. The van der Waals surface area contributed by atoms with E-state index in [-0.39, 0.29) is 22.6 Å². The van der Waals surface area contributed by atoms with Gasteiger partial charge in [-0.3, -0.25) is 0 Å². The summed E-state index contributed by atoms with van der Waals surface area (Å²) in [5.74, 6) is 0.596. The summed E-state index contributed by atoms with van der Waals surface area (Å²) < 4.78 is 23.5. The molecule has 0 aromatic carbocycles. The molecule has 2 aliphatic rings. The molecule has 0 bridgehead atoms. The van der Waals surface area contributed by atoms with Gasteiger partial charge in [0.2, 0.25) is 0 Å². The van der Waals surface area contributed by atoms with Gasteiger partial charge in [0, 0.05) is 6.04 Å². The Labute approximate surface area is 79.6 Å². The zero-order valence-corrected chi connectivity index (χ0v) is 8.97. The largest absolute Gasteiger partial charge is 0.327 e. The first-order chi connectivity index (χ1) is 5.87. The van der Waals surface area contributed by atoms with Crippen LogP contribution in [0, 0.1) is 11.3 Å². The summed E-state index contributed by atoms with van der Waals surface area (Å²) in [6.45, 7) is 3.95. The number of rotatable bonds is 0. The molecule has 0 unspecified atom stereocenters. The lowest BCUT2D eigenvalue weighted by atomic mass is 9.58. The molecule has 0 spiro atoms. The molecule has 0 aromatic rings. The molecule has 3 nitrogen and oxygen atoms in total. The summed E-state index contributed by atoms with van der Waals surface area (Å²) in [6.07, 6.45) is 1.79. The molecular formula is C9H17NO2S. The highest BCUT2D eigenvalue weighted by Crippen LogP contribution is 2.52. The molecule has 13 heavy (non-hydrogen) atoms. The highest BCUT2D eigenvalue weighted by atomic mass is 32.2. The topological polar surface area (TPSA) is 60.2 Å². The minimum Gasteiger partial charge on any atom is -0.327 e. The Bertz CT molecular complexity index is 321. The van der Waals surface area contributed by atoms with Gasteiger partial charge in [-0.05, 0) is 24.2 Å². The van der Waals surface area contributed by atoms with Gasteiger partial charge in [0.15, 0.2) is 9.84 Å². The van der Waals surface area contributed by atoms with E-state index in [1.807, 2.05) is 13.8 Å². The highest BCUT2D eigenvalue weighted by Gasteiger charge is 2.61. The normalized spacial score (nSPS) is 46.2. The van der Waals surface area contributed by atoms with Crippen LogP contribution in [0.2, 0.25) is 0 Å². The van der Waals surface area contributed by atoms with Crippen molar-refractivity contribution in [3.8, 4) is 0 Å². The second-order valence-electron chi connectivity index (χ2n) is 4.94. The fourth-order valence-corrected chi connectivity index (χ4v) is 5.81. The van der Waals surface area contributed by atoms with Crippen LogP contribution in [0.15, 0.2) is 0 Å². The molecule has 0 amide bonds. The fraction of sp³-hybridized carbons (Fsp3) is 1.00. The molecule has 1 saturated carbocycles. The second-order valence-corrected chi connectivity index (χ2v) is 7.18. The SMILES string of the molecule is CC1(C)[C@H](N)[C@H]2CCCS(=O)(=O)[C@@H]21. The molecule has 0 aromatic heterocycles. The Hall–Kier alpha value is -0.0900. The van der Waals surface area contributed by atoms with Gasteiger partial charge >= 0.3 is 0 Å². The summed E-state index contributed by atoms with van der Waals surface area (Å²) in [7, 11) is -2.84. The van der Waals surface area contributed by atoms with Crippen molar-refractivity contribution in [1.82, 2.24) is 0 Å². The van der Waals surface area contributed by atoms with Crippen molar-refractivity contribution in [3.05, 3.63) is 0 Å². The van der Waals surface area contributed by atoms with E-state index in [4.69, 9.17) is 5.73 Å². The second kappa shape index (κ2) is 2.48. The predicted molar refractivity (Wildman–Crippen MR) is 52.1 cm³/mol. The minimum atomic E-state index is -2.84. The van der Waals surface area contributed by atoms with E-state index in [0.717, 1.165) is 12.8 Å². The van der Waals surface area contributed by atoms with Crippen molar-refractivity contribution in [2.75, 3.05) is 5.75 Å². The molecular weight excluding hydrogens is 186 g/mol. The molecule has 76 valence electrons. The van der Waals surface area contributed by atoms with Crippen LogP contribution in [0.25, 0.3) is 0 Å². The lowest BCUT2D eigenvalue weighted by molar-refractivity contribution is 0.0506. The van der Waals surface area contributed by atoms with Crippen LogP contribution in [0.4, 0.5) is 0 Å². The van der Waals surface area contributed by atoms with Crippen LogP contribution in [-0.4, -0.2) is 25.5 Å².